The second-order valence-electron chi connectivity index (χ2n) is 12.9. The molecule has 7 atom stereocenters. The third-order valence-corrected chi connectivity index (χ3v) is 10.5. The Morgan fingerprint density at radius 2 is 1.91 bits per heavy atom. The molecule has 3 saturated carbocycles. The summed E-state index contributed by atoms with van der Waals surface area (Å²) >= 11 is 0. The maximum atomic E-state index is 13.2. The number of ether oxygens (including phenoxy) is 1. The first-order valence-corrected chi connectivity index (χ1v) is 14.0. The van der Waals surface area contributed by atoms with Crippen molar-refractivity contribution in [1.82, 2.24) is 10.2 Å². The van der Waals surface area contributed by atoms with Gasteiger partial charge in [0.2, 0.25) is 0 Å². The van der Waals surface area contributed by atoms with E-state index in [2.05, 4.69) is 31.3 Å². The van der Waals surface area contributed by atoms with Crippen molar-refractivity contribution in [3.63, 3.8) is 0 Å². The van der Waals surface area contributed by atoms with Crippen molar-refractivity contribution >= 4 is 6.03 Å². The third-order valence-electron chi connectivity index (χ3n) is 10.5. The Bertz CT molecular complexity index is 893. The van der Waals surface area contributed by atoms with Crippen LogP contribution in [0.25, 0.3) is 0 Å². The Balaban J connectivity index is 1.39. The summed E-state index contributed by atoms with van der Waals surface area (Å²) in [5, 5.41) is 25.6. The van der Waals surface area contributed by atoms with Crippen molar-refractivity contribution in [2.45, 2.75) is 109 Å². The van der Waals surface area contributed by atoms with E-state index in [-0.39, 0.29) is 35.1 Å². The molecule has 0 aromatic heterocycles. The van der Waals surface area contributed by atoms with Gasteiger partial charge in [0.05, 0.1) is 24.4 Å². The molecule has 5 rings (SSSR count). The van der Waals surface area contributed by atoms with Gasteiger partial charge in [-0.25, -0.2) is 4.79 Å². The van der Waals surface area contributed by atoms with Gasteiger partial charge in [0.25, 0.3) is 0 Å². The van der Waals surface area contributed by atoms with Crippen LogP contribution >= 0.6 is 0 Å². The number of rotatable bonds is 5. The quantitative estimate of drug-likeness (QED) is 0.532. The molecular weight excluding hydrogens is 440 g/mol. The van der Waals surface area contributed by atoms with Gasteiger partial charge in [-0.15, -0.1) is 0 Å². The van der Waals surface area contributed by atoms with Gasteiger partial charge in [-0.05, 0) is 88.9 Å². The number of carbonyl (C=O) groups excluding carboxylic acids is 1. The van der Waals surface area contributed by atoms with E-state index in [9.17, 15) is 15.0 Å². The molecule has 0 aromatic rings. The standard InChI is InChI=1S/C29H46N2O4/c1-19(2)30-26(33)31(17-22-6-5-15-35-22)18-29(34)14-11-25-23-8-7-20-16-21(32)9-12-27(20,3)24(23)10-13-28(25,29)4/h7-8,19,21-22,24-25,32,34H,5-6,9-18H2,1-4H3,(H,30,33). The van der Waals surface area contributed by atoms with Gasteiger partial charge in [0, 0.05) is 24.6 Å². The van der Waals surface area contributed by atoms with Crippen molar-refractivity contribution in [2.75, 3.05) is 19.7 Å². The first-order valence-electron chi connectivity index (χ1n) is 14.0. The summed E-state index contributed by atoms with van der Waals surface area (Å²) in [6.07, 6.45) is 12.9. The van der Waals surface area contributed by atoms with Crippen LogP contribution in [0.3, 0.4) is 0 Å². The van der Waals surface area contributed by atoms with E-state index in [1.807, 2.05) is 18.7 Å². The molecule has 7 unspecified atom stereocenters. The summed E-state index contributed by atoms with van der Waals surface area (Å²) in [5.41, 5.74) is 1.89. The summed E-state index contributed by atoms with van der Waals surface area (Å²) in [7, 11) is 0. The number of aliphatic hydroxyl groups excluding tert-OH is 1. The molecule has 2 amide bonds. The third kappa shape index (κ3) is 4.27. The van der Waals surface area contributed by atoms with Crippen LogP contribution < -0.4 is 5.32 Å². The van der Waals surface area contributed by atoms with Gasteiger partial charge in [-0.2, -0.15) is 0 Å². The highest BCUT2D eigenvalue weighted by atomic mass is 16.5. The summed E-state index contributed by atoms with van der Waals surface area (Å²) < 4.78 is 5.87. The molecular formula is C29H46N2O4. The summed E-state index contributed by atoms with van der Waals surface area (Å²) in [4.78, 5) is 15.0. The Hall–Kier alpha value is -1.37. The molecule has 35 heavy (non-hydrogen) atoms. The van der Waals surface area contributed by atoms with Crippen LogP contribution in [0.1, 0.15) is 85.5 Å². The maximum Gasteiger partial charge on any atom is 0.317 e. The van der Waals surface area contributed by atoms with E-state index in [4.69, 9.17) is 4.74 Å². The highest BCUT2D eigenvalue weighted by molar-refractivity contribution is 5.74. The van der Waals surface area contributed by atoms with E-state index in [0.29, 0.717) is 24.9 Å². The molecule has 4 fully saturated rings. The largest absolute Gasteiger partial charge is 0.393 e. The lowest BCUT2D eigenvalue weighted by Crippen LogP contribution is -2.59. The number of hydrogen-bond acceptors (Lipinski definition) is 4. The number of nitrogens with one attached hydrogen (secondary N) is 1. The molecule has 0 aromatic carbocycles. The number of nitrogens with zero attached hydrogens (tertiary/aromatic N) is 1. The van der Waals surface area contributed by atoms with Crippen molar-refractivity contribution < 1.29 is 19.7 Å². The fourth-order valence-corrected chi connectivity index (χ4v) is 8.26. The van der Waals surface area contributed by atoms with Crippen LogP contribution in [0.4, 0.5) is 4.79 Å². The van der Waals surface area contributed by atoms with Crippen molar-refractivity contribution in [3.8, 4) is 0 Å². The normalized spacial score (nSPS) is 42.6. The second kappa shape index (κ2) is 9.18. The first kappa shape index (κ1) is 25.3. The maximum absolute atomic E-state index is 13.2. The molecule has 1 aliphatic heterocycles. The molecule has 6 nitrogen and oxygen atoms in total. The molecule has 3 N–H and O–H groups in total. The van der Waals surface area contributed by atoms with Crippen LogP contribution in [0.15, 0.2) is 23.3 Å². The van der Waals surface area contributed by atoms with E-state index in [1.54, 1.807) is 0 Å². The molecule has 5 aliphatic rings. The Morgan fingerprint density at radius 3 is 2.63 bits per heavy atom. The molecule has 1 saturated heterocycles. The van der Waals surface area contributed by atoms with Crippen molar-refractivity contribution in [2.24, 2.45) is 22.7 Å². The SMILES string of the molecule is CC(C)NC(=O)N(CC1CCCO1)CC1(O)CCC2C3=CC=C4CC(O)CCC4(C)C3CCC21C. The van der Waals surface area contributed by atoms with Gasteiger partial charge in [-0.1, -0.05) is 37.1 Å². The van der Waals surface area contributed by atoms with Crippen molar-refractivity contribution in [3.05, 3.63) is 23.3 Å². The summed E-state index contributed by atoms with van der Waals surface area (Å²) in [6.45, 7) is 10.3. The molecule has 4 aliphatic carbocycles. The Kier molecular flexibility index (Phi) is 6.63. The van der Waals surface area contributed by atoms with Crippen molar-refractivity contribution in [1.29, 1.82) is 0 Å². The highest BCUT2D eigenvalue weighted by Gasteiger charge is 2.62. The van der Waals surface area contributed by atoms with Crippen LogP contribution in [-0.2, 0) is 4.74 Å². The Labute approximate surface area is 211 Å². The molecule has 6 heteroatoms. The molecule has 0 radical (unpaired) electrons. The fraction of sp³-hybridized carbons (Fsp3) is 0.828. The molecule has 1 heterocycles. The zero-order chi connectivity index (χ0) is 25.0. The van der Waals surface area contributed by atoms with Gasteiger partial charge in [-0.3, -0.25) is 0 Å². The number of aliphatic hydroxyl groups is 2. The second-order valence-corrected chi connectivity index (χ2v) is 12.9. The van der Waals surface area contributed by atoms with Gasteiger partial charge >= 0.3 is 6.03 Å². The zero-order valence-electron chi connectivity index (χ0n) is 22.2. The number of carbonyl (C=O) groups is 1. The predicted octanol–water partition coefficient (Wildman–Crippen LogP) is 4.56. The summed E-state index contributed by atoms with van der Waals surface area (Å²) in [5.74, 6) is 0.841. The number of amides is 2. The first-order chi connectivity index (χ1) is 16.6. The topological polar surface area (TPSA) is 82.0 Å². The monoisotopic (exact) mass is 486 g/mol. The minimum absolute atomic E-state index is 0.0506. The minimum atomic E-state index is -0.913. The fourth-order valence-electron chi connectivity index (χ4n) is 8.26. The van der Waals surface area contributed by atoms with Crippen LogP contribution in [0, 0.1) is 22.7 Å². The zero-order valence-corrected chi connectivity index (χ0v) is 22.2. The number of hydrogen-bond donors (Lipinski definition) is 3. The van der Waals surface area contributed by atoms with Gasteiger partial charge < -0.3 is 25.2 Å². The number of urea groups is 1. The lowest BCUT2D eigenvalue weighted by Gasteiger charge is -2.56. The van der Waals surface area contributed by atoms with Crippen LogP contribution in [0.5, 0.6) is 0 Å². The highest BCUT2D eigenvalue weighted by Crippen LogP contribution is 2.66. The average molecular weight is 487 g/mol. The van der Waals surface area contributed by atoms with E-state index < -0.39 is 5.60 Å². The number of allylic oxidation sites excluding steroid dienone is 3. The smallest absolute Gasteiger partial charge is 0.317 e. The van der Waals surface area contributed by atoms with E-state index in [1.165, 1.54) is 11.1 Å². The minimum Gasteiger partial charge on any atom is -0.393 e. The lowest BCUT2D eigenvalue weighted by atomic mass is 9.50. The van der Waals surface area contributed by atoms with Crippen LogP contribution in [-0.4, -0.2) is 64.7 Å². The van der Waals surface area contributed by atoms with E-state index >= 15 is 0 Å². The summed E-state index contributed by atoms with van der Waals surface area (Å²) in [6, 6.07) is -0.0444. The number of fused-ring (bicyclic) bond motifs is 5. The van der Waals surface area contributed by atoms with Gasteiger partial charge in [0.1, 0.15) is 0 Å². The molecule has 0 bridgehead atoms. The predicted molar refractivity (Wildman–Crippen MR) is 137 cm³/mol. The molecule has 0 spiro atoms. The van der Waals surface area contributed by atoms with Gasteiger partial charge in [0.15, 0.2) is 0 Å². The van der Waals surface area contributed by atoms with Crippen LogP contribution in [0.2, 0.25) is 0 Å². The molecule has 196 valence electrons. The lowest BCUT2D eigenvalue weighted by molar-refractivity contribution is -0.0991. The van der Waals surface area contributed by atoms with E-state index in [0.717, 1.165) is 64.4 Å². The Morgan fingerprint density at radius 1 is 1.14 bits per heavy atom. The average Bonchev–Trinajstić information content (AvgIpc) is 3.39.